The van der Waals surface area contributed by atoms with Crippen LogP contribution in [0, 0.1) is 11.3 Å². The molecule has 1 aromatic carbocycles. The normalized spacial score (nSPS) is 16.6. The Kier molecular flexibility index (Phi) is 5.60. The largest absolute Gasteiger partial charge is 0.489 e. The van der Waals surface area contributed by atoms with E-state index >= 15 is 0 Å². The van der Waals surface area contributed by atoms with Crippen molar-refractivity contribution in [3.63, 3.8) is 0 Å². The van der Waals surface area contributed by atoms with E-state index in [-0.39, 0.29) is 6.10 Å². The number of benzene rings is 1. The highest BCUT2D eigenvalue weighted by molar-refractivity contribution is 7.99. The molecule has 0 aromatic heterocycles. The van der Waals surface area contributed by atoms with Crippen LogP contribution in [0.5, 0.6) is 5.75 Å². The fourth-order valence-corrected chi connectivity index (χ4v) is 3.31. The molecule has 1 aromatic rings. The van der Waals surface area contributed by atoms with Crippen molar-refractivity contribution < 1.29 is 4.74 Å². The van der Waals surface area contributed by atoms with Gasteiger partial charge in [0, 0.05) is 4.90 Å². The summed E-state index contributed by atoms with van der Waals surface area (Å²) < 4.78 is 6.11. The predicted molar refractivity (Wildman–Crippen MR) is 79.7 cm³/mol. The molecule has 1 fully saturated rings. The van der Waals surface area contributed by atoms with Gasteiger partial charge in [-0.25, -0.2) is 0 Å². The zero-order valence-electron chi connectivity index (χ0n) is 11.5. The van der Waals surface area contributed by atoms with Gasteiger partial charge in [0.25, 0.3) is 0 Å². The molecule has 2 rings (SSSR count). The van der Waals surface area contributed by atoms with Gasteiger partial charge in [-0.2, -0.15) is 5.26 Å². The molecule has 0 amide bonds. The van der Waals surface area contributed by atoms with Gasteiger partial charge in [-0.15, -0.1) is 11.8 Å². The first-order valence-corrected chi connectivity index (χ1v) is 8.16. The Morgan fingerprint density at radius 2 is 2.00 bits per heavy atom. The third-order valence-electron chi connectivity index (χ3n) is 3.50. The Labute approximate surface area is 120 Å². The van der Waals surface area contributed by atoms with Gasteiger partial charge < -0.3 is 4.74 Å². The van der Waals surface area contributed by atoms with Crippen LogP contribution in [0.15, 0.2) is 23.1 Å². The predicted octanol–water partition coefficient (Wildman–Crippen LogP) is 4.77. The highest BCUT2D eigenvalue weighted by Crippen LogP contribution is 2.31. The van der Waals surface area contributed by atoms with Gasteiger partial charge in [0.15, 0.2) is 0 Å². The van der Waals surface area contributed by atoms with Crippen molar-refractivity contribution in [3.05, 3.63) is 23.8 Å². The lowest BCUT2D eigenvalue weighted by Crippen LogP contribution is -2.15. The first kappa shape index (κ1) is 14.3. The van der Waals surface area contributed by atoms with Gasteiger partial charge in [0.1, 0.15) is 17.4 Å². The van der Waals surface area contributed by atoms with Gasteiger partial charge in [0.05, 0.1) is 6.10 Å². The van der Waals surface area contributed by atoms with Crippen molar-refractivity contribution in [1.82, 2.24) is 0 Å². The number of nitriles is 1. The standard InChI is InChI=1S/C16H21NOS/c1-2-19-16-11-7-10-15(14(16)12-17)18-13-8-5-3-4-6-9-13/h7,10-11,13H,2-6,8-9H2,1H3. The van der Waals surface area contributed by atoms with Crippen LogP contribution in [0.2, 0.25) is 0 Å². The van der Waals surface area contributed by atoms with Gasteiger partial charge >= 0.3 is 0 Å². The monoisotopic (exact) mass is 275 g/mol. The number of nitrogens with zero attached hydrogens (tertiary/aromatic N) is 1. The zero-order valence-corrected chi connectivity index (χ0v) is 12.3. The molecule has 1 saturated carbocycles. The van der Waals surface area contributed by atoms with Crippen molar-refractivity contribution in [3.8, 4) is 11.8 Å². The molecule has 0 aliphatic heterocycles. The summed E-state index contributed by atoms with van der Waals surface area (Å²) in [5, 5.41) is 9.37. The van der Waals surface area contributed by atoms with E-state index in [1.165, 1.54) is 25.7 Å². The highest BCUT2D eigenvalue weighted by atomic mass is 32.2. The number of ether oxygens (including phenoxy) is 1. The first-order valence-electron chi connectivity index (χ1n) is 7.17. The summed E-state index contributed by atoms with van der Waals surface area (Å²) in [6.07, 6.45) is 7.65. The minimum atomic E-state index is 0.288. The molecule has 1 aliphatic carbocycles. The van der Waals surface area contributed by atoms with E-state index in [9.17, 15) is 5.26 Å². The van der Waals surface area contributed by atoms with Crippen molar-refractivity contribution in [1.29, 1.82) is 5.26 Å². The van der Waals surface area contributed by atoms with Crippen LogP contribution in [0.1, 0.15) is 51.0 Å². The van der Waals surface area contributed by atoms with E-state index in [0.717, 1.165) is 29.2 Å². The van der Waals surface area contributed by atoms with Crippen LogP contribution in [0.25, 0.3) is 0 Å². The second-order valence-electron chi connectivity index (χ2n) is 4.91. The lowest BCUT2D eigenvalue weighted by atomic mass is 10.1. The highest BCUT2D eigenvalue weighted by Gasteiger charge is 2.16. The number of thioether (sulfide) groups is 1. The molecule has 0 unspecified atom stereocenters. The van der Waals surface area contributed by atoms with Crippen LogP contribution in [-0.2, 0) is 0 Å². The van der Waals surface area contributed by atoms with Crippen LogP contribution in [-0.4, -0.2) is 11.9 Å². The zero-order chi connectivity index (χ0) is 13.5. The lowest BCUT2D eigenvalue weighted by Gasteiger charge is -2.18. The molecule has 3 heteroatoms. The molecule has 2 nitrogen and oxygen atoms in total. The summed E-state index contributed by atoms with van der Waals surface area (Å²) in [5.74, 6) is 1.74. The van der Waals surface area contributed by atoms with Gasteiger partial charge in [0.2, 0.25) is 0 Å². The van der Waals surface area contributed by atoms with Gasteiger partial charge in [-0.3, -0.25) is 0 Å². The second-order valence-corrected chi connectivity index (χ2v) is 6.21. The summed E-state index contributed by atoms with van der Waals surface area (Å²) in [4.78, 5) is 1.04. The molecule has 0 radical (unpaired) electrons. The fraction of sp³-hybridized carbons (Fsp3) is 0.562. The summed E-state index contributed by atoms with van der Waals surface area (Å²) in [6.45, 7) is 2.10. The average Bonchev–Trinajstić information content (AvgIpc) is 2.68. The van der Waals surface area contributed by atoms with Crippen LogP contribution >= 0.6 is 11.8 Å². The number of hydrogen-bond acceptors (Lipinski definition) is 3. The minimum absolute atomic E-state index is 0.288. The van der Waals surface area contributed by atoms with Crippen LogP contribution < -0.4 is 4.74 Å². The van der Waals surface area contributed by atoms with Gasteiger partial charge in [-0.1, -0.05) is 25.8 Å². The van der Waals surface area contributed by atoms with Gasteiger partial charge in [-0.05, 0) is 43.6 Å². The number of rotatable bonds is 4. The van der Waals surface area contributed by atoms with E-state index in [0.29, 0.717) is 5.56 Å². The Bertz CT molecular complexity index is 445. The maximum absolute atomic E-state index is 9.37. The molecule has 0 bridgehead atoms. The molecule has 0 heterocycles. The first-order chi connectivity index (χ1) is 9.35. The van der Waals surface area contributed by atoms with E-state index in [1.54, 1.807) is 11.8 Å². The van der Waals surface area contributed by atoms with Crippen molar-refractivity contribution in [2.45, 2.75) is 56.4 Å². The molecule has 0 saturated heterocycles. The molecule has 1 aliphatic rings. The summed E-state index contributed by atoms with van der Waals surface area (Å²) in [5.41, 5.74) is 0.707. The summed E-state index contributed by atoms with van der Waals surface area (Å²) in [7, 11) is 0. The molecule has 0 atom stereocenters. The topological polar surface area (TPSA) is 33.0 Å². The summed E-state index contributed by atoms with van der Waals surface area (Å²) in [6, 6.07) is 8.24. The van der Waals surface area contributed by atoms with Crippen molar-refractivity contribution >= 4 is 11.8 Å². The van der Waals surface area contributed by atoms with E-state index in [4.69, 9.17) is 4.74 Å². The molecular weight excluding hydrogens is 254 g/mol. The quantitative estimate of drug-likeness (QED) is 0.586. The Morgan fingerprint density at radius 1 is 1.26 bits per heavy atom. The molecule has 19 heavy (non-hydrogen) atoms. The van der Waals surface area contributed by atoms with Crippen LogP contribution in [0.3, 0.4) is 0 Å². The van der Waals surface area contributed by atoms with Crippen LogP contribution in [0.4, 0.5) is 0 Å². The van der Waals surface area contributed by atoms with E-state index in [1.807, 2.05) is 18.2 Å². The van der Waals surface area contributed by atoms with Crippen molar-refractivity contribution in [2.24, 2.45) is 0 Å². The summed E-state index contributed by atoms with van der Waals surface area (Å²) >= 11 is 1.70. The lowest BCUT2D eigenvalue weighted by molar-refractivity contribution is 0.183. The van der Waals surface area contributed by atoms with E-state index < -0.39 is 0 Å². The third-order valence-corrected chi connectivity index (χ3v) is 4.44. The maximum atomic E-state index is 9.37. The minimum Gasteiger partial charge on any atom is -0.489 e. The van der Waals surface area contributed by atoms with Crippen molar-refractivity contribution in [2.75, 3.05) is 5.75 Å². The van der Waals surface area contributed by atoms with E-state index in [2.05, 4.69) is 13.0 Å². The number of hydrogen-bond donors (Lipinski definition) is 0. The molecule has 102 valence electrons. The Morgan fingerprint density at radius 3 is 2.63 bits per heavy atom. The average molecular weight is 275 g/mol. The smallest absolute Gasteiger partial charge is 0.138 e. The third kappa shape index (κ3) is 3.91. The maximum Gasteiger partial charge on any atom is 0.138 e. The fourth-order valence-electron chi connectivity index (χ4n) is 2.53. The SMILES string of the molecule is CCSc1cccc(OC2CCCCCC2)c1C#N. The molecular formula is C16H21NOS. The Balaban J connectivity index is 2.14. The Hall–Kier alpha value is -1.14. The molecule has 0 N–H and O–H groups in total. The second kappa shape index (κ2) is 7.45. The molecule has 0 spiro atoms.